The van der Waals surface area contributed by atoms with Gasteiger partial charge in [-0.15, -0.1) is 5.10 Å². The van der Waals surface area contributed by atoms with Gasteiger partial charge in [0.2, 0.25) is 11.8 Å². The molecule has 9 heteroatoms. The first-order valence-electron chi connectivity index (χ1n) is 14.0. The lowest BCUT2D eigenvalue weighted by Crippen LogP contribution is -2.35. The Kier molecular flexibility index (Phi) is 9.14. The van der Waals surface area contributed by atoms with Crippen LogP contribution in [-0.4, -0.2) is 51.3 Å². The smallest absolute Gasteiger partial charge is 0.229 e. The molecule has 3 aromatic rings. The van der Waals surface area contributed by atoms with Crippen molar-refractivity contribution >= 4 is 23.3 Å². The molecule has 2 amide bonds. The number of nitrogens with zero attached hydrogens (tertiary/aromatic N) is 4. The first-order valence-corrected chi connectivity index (χ1v) is 14.0. The van der Waals surface area contributed by atoms with Gasteiger partial charge in [0.25, 0.3) is 0 Å². The predicted octanol–water partition coefficient (Wildman–Crippen LogP) is 4.79. The molecule has 1 N–H and O–H groups in total. The van der Waals surface area contributed by atoms with Gasteiger partial charge in [-0.05, 0) is 38.8 Å². The standard InChI is InChI=1S/C31H39N5O4/c1-6-40-31(4,5)17-15-27(38)32-18-16-28(39)35-19-22-11-7-8-12-23(22)29-30(24-13-9-10-14-25(24)35)36(34-33-29)20-26(37)21(2)3/h7-14,21H,6,15-20H2,1-5H3,(H,32,38). The summed E-state index contributed by atoms with van der Waals surface area (Å²) in [5.41, 5.74) is 4.32. The number of rotatable bonds is 11. The number of ketones is 1. The third-order valence-electron chi connectivity index (χ3n) is 7.19. The van der Waals surface area contributed by atoms with Crippen LogP contribution in [0, 0.1) is 5.92 Å². The highest BCUT2D eigenvalue weighted by atomic mass is 16.5. The van der Waals surface area contributed by atoms with Crippen molar-refractivity contribution in [1.29, 1.82) is 0 Å². The van der Waals surface area contributed by atoms with Crippen LogP contribution in [0.15, 0.2) is 48.5 Å². The molecule has 0 atom stereocenters. The zero-order chi connectivity index (χ0) is 28.9. The van der Waals surface area contributed by atoms with E-state index in [9.17, 15) is 14.4 Å². The summed E-state index contributed by atoms with van der Waals surface area (Å²) in [7, 11) is 0. The van der Waals surface area contributed by atoms with E-state index in [1.807, 2.05) is 83.1 Å². The van der Waals surface area contributed by atoms with E-state index in [1.165, 1.54) is 0 Å². The summed E-state index contributed by atoms with van der Waals surface area (Å²) < 4.78 is 7.32. The second-order valence-electron chi connectivity index (χ2n) is 11.0. The molecule has 0 saturated carbocycles. The van der Waals surface area contributed by atoms with Crippen LogP contribution in [-0.2, 0) is 32.2 Å². The van der Waals surface area contributed by atoms with Crippen LogP contribution in [0.5, 0.6) is 0 Å². The summed E-state index contributed by atoms with van der Waals surface area (Å²) in [6, 6.07) is 15.5. The van der Waals surface area contributed by atoms with E-state index in [0.717, 1.165) is 16.7 Å². The lowest BCUT2D eigenvalue weighted by atomic mass is 9.95. The summed E-state index contributed by atoms with van der Waals surface area (Å²) in [6.45, 7) is 10.9. The van der Waals surface area contributed by atoms with E-state index in [2.05, 4.69) is 15.6 Å². The van der Waals surface area contributed by atoms with Gasteiger partial charge in [0.05, 0.1) is 23.5 Å². The number of nitrogens with one attached hydrogen (secondary N) is 1. The molecule has 2 heterocycles. The minimum absolute atomic E-state index is 0.0499. The molecule has 9 nitrogen and oxygen atoms in total. The van der Waals surface area contributed by atoms with Crippen molar-refractivity contribution in [1.82, 2.24) is 20.3 Å². The molecule has 0 radical (unpaired) electrons. The molecule has 1 aliphatic heterocycles. The molecule has 2 aromatic carbocycles. The van der Waals surface area contributed by atoms with E-state index in [0.29, 0.717) is 43.1 Å². The van der Waals surface area contributed by atoms with Crippen LogP contribution >= 0.6 is 0 Å². The average molecular weight is 546 g/mol. The Morgan fingerprint density at radius 2 is 1.73 bits per heavy atom. The molecule has 4 rings (SSSR count). The molecule has 0 aliphatic carbocycles. The number of fused-ring (bicyclic) bond motifs is 5. The van der Waals surface area contributed by atoms with E-state index in [-0.39, 0.29) is 48.6 Å². The van der Waals surface area contributed by atoms with Gasteiger partial charge in [-0.1, -0.05) is 61.5 Å². The summed E-state index contributed by atoms with van der Waals surface area (Å²) in [5.74, 6) is -0.310. The molecule has 0 saturated heterocycles. The number of para-hydroxylation sites is 1. The van der Waals surface area contributed by atoms with E-state index >= 15 is 0 Å². The second-order valence-corrected chi connectivity index (χ2v) is 11.0. The van der Waals surface area contributed by atoms with E-state index in [4.69, 9.17) is 4.74 Å². The van der Waals surface area contributed by atoms with Gasteiger partial charge in [-0.2, -0.15) is 0 Å². The number of ether oxygens (including phenoxy) is 1. The maximum Gasteiger partial charge on any atom is 0.229 e. The zero-order valence-corrected chi connectivity index (χ0v) is 24.1. The molecule has 0 fully saturated rings. The predicted molar refractivity (Wildman–Crippen MR) is 154 cm³/mol. The summed E-state index contributed by atoms with van der Waals surface area (Å²) in [6.07, 6.45) is 1.07. The van der Waals surface area contributed by atoms with Gasteiger partial charge < -0.3 is 15.0 Å². The first kappa shape index (κ1) is 29.1. The third kappa shape index (κ3) is 6.65. The fourth-order valence-electron chi connectivity index (χ4n) is 4.89. The number of hydrogen-bond donors (Lipinski definition) is 1. The van der Waals surface area contributed by atoms with Crippen LogP contribution in [0.1, 0.15) is 59.4 Å². The number of carbonyl (C=O) groups is 3. The number of carbonyl (C=O) groups excluding carboxylic acids is 3. The van der Waals surface area contributed by atoms with Crippen molar-refractivity contribution < 1.29 is 19.1 Å². The number of benzene rings is 2. The minimum Gasteiger partial charge on any atom is -0.376 e. The maximum absolute atomic E-state index is 13.7. The van der Waals surface area contributed by atoms with E-state index < -0.39 is 0 Å². The van der Waals surface area contributed by atoms with Gasteiger partial charge in [0.1, 0.15) is 12.2 Å². The number of anilines is 1. The van der Waals surface area contributed by atoms with Crippen LogP contribution in [0.25, 0.3) is 22.5 Å². The molecular formula is C31H39N5O4. The van der Waals surface area contributed by atoms with Crippen molar-refractivity contribution in [3.8, 4) is 22.5 Å². The highest BCUT2D eigenvalue weighted by molar-refractivity contribution is 6.00. The Hall–Kier alpha value is -3.85. The van der Waals surface area contributed by atoms with Gasteiger partial charge in [-0.25, -0.2) is 4.68 Å². The fraction of sp³-hybridized carbons (Fsp3) is 0.452. The number of aromatic nitrogens is 3. The maximum atomic E-state index is 13.7. The molecule has 0 bridgehead atoms. The number of Topliss-reactive ketones (excluding diaryl/α,β-unsaturated/α-hetero) is 1. The van der Waals surface area contributed by atoms with Crippen LogP contribution in [0.4, 0.5) is 5.69 Å². The Morgan fingerprint density at radius 1 is 1.02 bits per heavy atom. The van der Waals surface area contributed by atoms with Gasteiger partial charge in [0.15, 0.2) is 5.78 Å². The fourth-order valence-corrected chi connectivity index (χ4v) is 4.89. The minimum atomic E-state index is -0.371. The molecule has 212 valence electrons. The molecular weight excluding hydrogens is 506 g/mol. The summed E-state index contributed by atoms with van der Waals surface area (Å²) in [4.78, 5) is 40.6. The van der Waals surface area contributed by atoms with Crippen molar-refractivity contribution in [2.24, 2.45) is 5.92 Å². The van der Waals surface area contributed by atoms with Crippen LogP contribution < -0.4 is 10.2 Å². The SMILES string of the molecule is CCOC(C)(C)CCC(=O)NCCC(=O)N1Cc2ccccc2-c2nnn(CC(=O)C(C)C)c2-c2ccccc21. The highest BCUT2D eigenvalue weighted by Gasteiger charge is 2.29. The van der Waals surface area contributed by atoms with Crippen LogP contribution in [0.3, 0.4) is 0 Å². The molecule has 40 heavy (non-hydrogen) atoms. The Morgan fingerprint density at radius 3 is 2.45 bits per heavy atom. The normalized spacial score (nSPS) is 12.7. The quantitative estimate of drug-likeness (QED) is 0.372. The second kappa shape index (κ2) is 12.6. The molecule has 0 spiro atoms. The van der Waals surface area contributed by atoms with E-state index in [1.54, 1.807) is 9.58 Å². The lowest BCUT2D eigenvalue weighted by molar-refractivity contribution is -0.123. The number of amides is 2. The Labute approximate surface area is 235 Å². The molecule has 1 aliphatic rings. The summed E-state index contributed by atoms with van der Waals surface area (Å²) >= 11 is 0. The van der Waals surface area contributed by atoms with Crippen molar-refractivity contribution in [2.75, 3.05) is 18.1 Å². The third-order valence-corrected chi connectivity index (χ3v) is 7.19. The van der Waals surface area contributed by atoms with Crippen molar-refractivity contribution in [2.45, 2.75) is 72.6 Å². The topological polar surface area (TPSA) is 106 Å². The van der Waals surface area contributed by atoms with Gasteiger partial charge in [-0.3, -0.25) is 14.4 Å². The Balaban J connectivity index is 1.60. The largest absolute Gasteiger partial charge is 0.376 e. The molecule has 0 unspecified atom stereocenters. The monoisotopic (exact) mass is 545 g/mol. The van der Waals surface area contributed by atoms with Crippen LogP contribution in [0.2, 0.25) is 0 Å². The summed E-state index contributed by atoms with van der Waals surface area (Å²) in [5, 5.41) is 11.8. The number of hydrogen-bond acceptors (Lipinski definition) is 6. The molecule has 1 aromatic heterocycles. The Bertz CT molecular complexity index is 1380. The van der Waals surface area contributed by atoms with Crippen molar-refractivity contribution in [3.05, 3.63) is 54.1 Å². The van der Waals surface area contributed by atoms with Crippen molar-refractivity contribution in [3.63, 3.8) is 0 Å². The first-order chi connectivity index (χ1) is 19.1. The van der Waals surface area contributed by atoms with Gasteiger partial charge in [0, 0.05) is 43.0 Å². The zero-order valence-electron chi connectivity index (χ0n) is 24.1. The van der Waals surface area contributed by atoms with Gasteiger partial charge >= 0.3 is 0 Å². The highest BCUT2D eigenvalue weighted by Crippen LogP contribution is 2.41. The average Bonchev–Trinajstić information content (AvgIpc) is 3.32. The lowest BCUT2D eigenvalue weighted by Gasteiger charge is -2.29.